The minimum Gasteiger partial charge on any atom is -0.273 e. The van der Waals surface area contributed by atoms with Gasteiger partial charge in [-0.05, 0) is 36.1 Å². The molecular formula is C17H25ClN2O2. The summed E-state index contributed by atoms with van der Waals surface area (Å²) >= 11 is 5.78. The van der Waals surface area contributed by atoms with E-state index in [0.29, 0.717) is 10.6 Å². The highest BCUT2D eigenvalue weighted by Crippen LogP contribution is 2.30. The molecule has 0 spiro atoms. The van der Waals surface area contributed by atoms with Crippen LogP contribution in [0.15, 0.2) is 24.3 Å². The second-order valence-electron chi connectivity index (χ2n) is 6.51. The number of hydrogen-bond acceptors (Lipinski definition) is 2. The Labute approximate surface area is 137 Å². The third-order valence-electron chi connectivity index (χ3n) is 3.61. The van der Waals surface area contributed by atoms with Gasteiger partial charge < -0.3 is 0 Å². The summed E-state index contributed by atoms with van der Waals surface area (Å²) in [6.07, 6.45) is 2.83. The average Bonchev–Trinajstić information content (AvgIpc) is 2.44. The zero-order valence-electron chi connectivity index (χ0n) is 13.7. The van der Waals surface area contributed by atoms with Gasteiger partial charge >= 0.3 is 0 Å². The maximum atomic E-state index is 12.3. The van der Waals surface area contributed by atoms with Crippen LogP contribution >= 0.6 is 11.6 Å². The summed E-state index contributed by atoms with van der Waals surface area (Å²) in [6, 6.07) is 6.50. The van der Waals surface area contributed by atoms with Crippen LogP contribution in [0.4, 0.5) is 0 Å². The maximum absolute atomic E-state index is 12.3. The largest absolute Gasteiger partial charge is 0.273 e. The van der Waals surface area contributed by atoms with Crippen molar-refractivity contribution >= 4 is 23.4 Å². The SMILES string of the molecule is CCCCC(C(=O)NNC(=O)c1ccc(Cl)cc1)C(C)(C)C. The van der Waals surface area contributed by atoms with Gasteiger partial charge in [-0.1, -0.05) is 52.1 Å². The third-order valence-corrected chi connectivity index (χ3v) is 3.87. The maximum Gasteiger partial charge on any atom is 0.269 e. The van der Waals surface area contributed by atoms with Crippen molar-refractivity contribution in [3.05, 3.63) is 34.9 Å². The molecule has 1 aromatic rings. The molecule has 0 radical (unpaired) electrons. The molecule has 2 N–H and O–H groups in total. The first kappa shape index (κ1) is 18.5. The highest BCUT2D eigenvalue weighted by Gasteiger charge is 2.30. The van der Waals surface area contributed by atoms with Crippen LogP contribution in [-0.2, 0) is 4.79 Å². The predicted octanol–water partition coefficient (Wildman–Crippen LogP) is 3.95. The van der Waals surface area contributed by atoms with E-state index in [-0.39, 0.29) is 23.1 Å². The lowest BCUT2D eigenvalue weighted by Crippen LogP contribution is -2.47. The summed E-state index contributed by atoms with van der Waals surface area (Å²) in [6.45, 7) is 8.20. The van der Waals surface area contributed by atoms with E-state index in [2.05, 4.69) is 17.8 Å². The molecule has 0 fully saturated rings. The predicted molar refractivity (Wildman–Crippen MR) is 89.5 cm³/mol. The van der Waals surface area contributed by atoms with Gasteiger partial charge in [-0.25, -0.2) is 0 Å². The molecular weight excluding hydrogens is 300 g/mol. The smallest absolute Gasteiger partial charge is 0.269 e. The monoisotopic (exact) mass is 324 g/mol. The normalized spacial score (nSPS) is 12.6. The standard InChI is InChI=1S/C17H25ClN2O2/c1-5-6-7-14(17(2,3)4)16(22)20-19-15(21)12-8-10-13(18)11-9-12/h8-11,14H,5-7H2,1-4H3,(H,19,21)(H,20,22). The van der Waals surface area contributed by atoms with Crippen molar-refractivity contribution in [3.8, 4) is 0 Å². The molecule has 1 atom stereocenters. The van der Waals surface area contributed by atoms with Crippen LogP contribution < -0.4 is 10.9 Å². The molecule has 0 aliphatic carbocycles. The number of amides is 2. The van der Waals surface area contributed by atoms with Gasteiger partial charge in [0.25, 0.3) is 5.91 Å². The third kappa shape index (κ3) is 5.68. The quantitative estimate of drug-likeness (QED) is 0.806. The van der Waals surface area contributed by atoms with Gasteiger partial charge in [0.05, 0.1) is 0 Å². The van der Waals surface area contributed by atoms with Crippen LogP contribution in [0, 0.1) is 11.3 Å². The molecule has 1 aromatic carbocycles. The summed E-state index contributed by atoms with van der Waals surface area (Å²) in [4.78, 5) is 24.3. The van der Waals surface area contributed by atoms with Gasteiger partial charge in [-0.2, -0.15) is 0 Å². The number of hydrazine groups is 1. The second-order valence-corrected chi connectivity index (χ2v) is 6.95. The number of rotatable bonds is 5. The van der Waals surface area contributed by atoms with E-state index in [4.69, 9.17) is 11.6 Å². The highest BCUT2D eigenvalue weighted by atomic mass is 35.5. The molecule has 0 bridgehead atoms. The molecule has 0 aliphatic heterocycles. The lowest BCUT2D eigenvalue weighted by molar-refractivity contribution is -0.129. The van der Waals surface area contributed by atoms with Crippen molar-refractivity contribution in [1.82, 2.24) is 10.9 Å². The lowest BCUT2D eigenvalue weighted by atomic mass is 9.77. The Morgan fingerprint density at radius 1 is 1.14 bits per heavy atom. The van der Waals surface area contributed by atoms with Crippen molar-refractivity contribution in [1.29, 1.82) is 0 Å². The summed E-state index contributed by atoms with van der Waals surface area (Å²) < 4.78 is 0. The van der Waals surface area contributed by atoms with Gasteiger partial charge in [0, 0.05) is 16.5 Å². The van der Waals surface area contributed by atoms with Gasteiger partial charge in [0.15, 0.2) is 0 Å². The van der Waals surface area contributed by atoms with E-state index in [9.17, 15) is 9.59 Å². The molecule has 0 aromatic heterocycles. The first-order valence-electron chi connectivity index (χ1n) is 7.61. The number of carbonyl (C=O) groups excluding carboxylic acids is 2. The van der Waals surface area contributed by atoms with Crippen LogP contribution in [0.5, 0.6) is 0 Å². The number of nitrogens with one attached hydrogen (secondary N) is 2. The average molecular weight is 325 g/mol. The van der Waals surface area contributed by atoms with Gasteiger partial charge in [-0.15, -0.1) is 0 Å². The summed E-state index contributed by atoms with van der Waals surface area (Å²) in [5.74, 6) is -0.644. The molecule has 122 valence electrons. The number of benzene rings is 1. The van der Waals surface area contributed by atoms with Crippen molar-refractivity contribution in [3.63, 3.8) is 0 Å². The van der Waals surface area contributed by atoms with E-state index >= 15 is 0 Å². The molecule has 0 heterocycles. The Hall–Kier alpha value is -1.55. The van der Waals surface area contributed by atoms with Crippen molar-refractivity contribution < 1.29 is 9.59 Å². The first-order valence-corrected chi connectivity index (χ1v) is 7.99. The molecule has 5 heteroatoms. The fourth-order valence-corrected chi connectivity index (χ4v) is 2.37. The van der Waals surface area contributed by atoms with Gasteiger partial charge in [0.1, 0.15) is 0 Å². The van der Waals surface area contributed by atoms with Crippen LogP contribution in [-0.4, -0.2) is 11.8 Å². The zero-order chi connectivity index (χ0) is 16.8. The number of hydrogen-bond donors (Lipinski definition) is 2. The molecule has 1 unspecified atom stereocenters. The number of carbonyl (C=O) groups is 2. The van der Waals surface area contributed by atoms with Gasteiger partial charge in [-0.3, -0.25) is 20.4 Å². The van der Waals surface area contributed by atoms with E-state index in [0.717, 1.165) is 19.3 Å². The number of halogens is 1. The first-order chi connectivity index (χ1) is 10.3. The van der Waals surface area contributed by atoms with Gasteiger partial charge in [0.2, 0.25) is 5.91 Å². The van der Waals surface area contributed by atoms with Crippen molar-refractivity contribution in [2.24, 2.45) is 11.3 Å². The minimum atomic E-state index is -0.354. The molecule has 0 saturated heterocycles. The molecule has 22 heavy (non-hydrogen) atoms. The fourth-order valence-electron chi connectivity index (χ4n) is 2.24. The fraction of sp³-hybridized carbons (Fsp3) is 0.529. The van der Waals surface area contributed by atoms with E-state index in [1.54, 1.807) is 24.3 Å². The van der Waals surface area contributed by atoms with Crippen LogP contribution in [0.2, 0.25) is 5.02 Å². The summed E-state index contributed by atoms with van der Waals surface area (Å²) in [7, 11) is 0. The molecule has 0 aliphatic rings. The Bertz CT molecular complexity index is 506. The van der Waals surface area contributed by atoms with Crippen LogP contribution in [0.3, 0.4) is 0 Å². The molecule has 0 saturated carbocycles. The number of unbranched alkanes of at least 4 members (excludes halogenated alkanes) is 1. The molecule has 4 nitrogen and oxygen atoms in total. The molecule has 2 amide bonds. The lowest BCUT2D eigenvalue weighted by Gasteiger charge is -2.29. The second kappa shape index (κ2) is 8.18. The van der Waals surface area contributed by atoms with E-state index < -0.39 is 0 Å². The minimum absolute atomic E-state index is 0.141. The zero-order valence-corrected chi connectivity index (χ0v) is 14.5. The van der Waals surface area contributed by atoms with Crippen LogP contribution in [0.1, 0.15) is 57.3 Å². The summed E-state index contributed by atoms with van der Waals surface area (Å²) in [5, 5.41) is 0.563. The summed E-state index contributed by atoms with van der Waals surface area (Å²) in [5.41, 5.74) is 5.31. The Kier molecular flexibility index (Phi) is 6.88. The van der Waals surface area contributed by atoms with E-state index in [1.165, 1.54) is 0 Å². The van der Waals surface area contributed by atoms with Crippen molar-refractivity contribution in [2.45, 2.75) is 47.0 Å². The Morgan fingerprint density at radius 2 is 1.73 bits per heavy atom. The van der Waals surface area contributed by atoms with E-state index in [1.807, 2.05) is 20.8 Å². The van der Waals surface area contributed by atoms with Crippen LogP contribution in [0.25, 0.3) is 0 Å². The Morgan fingerprint density at radius 3 is 2.23 bits per heavy atom. The molecule has 1 rings (SSSR count). The van der Waals surface area contributed by atoms with Crippen molar-refractivity contribution in [2.75, 3.05) is 0 Å². The highest BCUT2D eigenvalue weighted by molar-refractivity contribution is 6.30. The topological polar surface area (TPSA) is 58.2 Å². The Balaban J connectivity index is 2.62.